The van der Waals surface area contributed by atoms with Crippen molar-refractivity contribution in [1.82, 2.24) is 14.9 Å². The van der Waals surface area contributed by atoms with Crippen molar-refractivity contribution < 1.29 is 4.79 Å². The van der Waals surface area contributed by atoms with Crippen molar-refractivity contribution in [3.63, 3.8) is 0 Å². The molecule has 25 heavy (non-hydrogen) atoms. The molecule has 2 atom stereocenters. The molecule has 2 aromatic rings. The summed E-state index contributed by atoms with van der Waals surface area (Å²) in [6.07, 6.45) is 8.69. The van der Waals surface area contributed by atoms with Crippen molar-refractivity contribution in [3.05, 3.63) is 54.1 Å². The Hall–Kier alpha value is -1.56. The fourth-order valence-electron chi connectivity index (χ4n) is 3.41. The summed E-state index contributed by atoms with van der Waals surface area (Å²) in [6.45, 7) is 1.97. The number of halogens is 2. The molecule has 5 nitrogen and oxygen atoms in total. The number of hydrogen-bond donors (Lipinski definition) is 2. The molecule has 0 radical (unpaired) electrons. The Morgan fingerprint density at radius 2 is 2.08 bits per heavy atom. The second kappa shape index (κ2) is 10.4. The van der Waals surface area contributed by atoms with Gasteiger partial charge in [-0.3, -0.25) is 4.79 Å². The highest BCUT2D eigenvalue weighted by molar-refractivity contribution is 5.85. The van der Waals surface area contributed by atoms with Crippen molar-refractivity contribution in [2.45, 2.75) is 32.4 Å². The monoisotopic (exact) mass is 384 g/mol. The van der Waals surface area contributed by atoms with Crippen molar-refractivity contribution in [2.75, 3.05) is 6.54 Å². The van der Waals surface area contributed by atoms with Crippen LogP contribution in [0.3, 0.4) is 0 Å². The fraction of sp³-hybridized carbons (Fsp3) is 0.444. The molecule has 7 heteroatoms. The molecular formula is C18H26Cl2N4O. The lowest BCUT2D eigenvalue weighted by molar-refractivity contribution is -0.126. The lowest BCUT2D eigenvalue weighted by Gasteiger charge is -2.17. The number of hydrogen-bond acceptors (Lipinski definition) is 3. The molecule has 1 aliphatic rings. The summed E-state index contributed by atoms with van der Waals surface area (Å²) in [5.74, 6) is 0.592. The van der Waals surface area contributed by atoms with E-state index in [9.17, 15) is 4.79 Å². The molecule has 0 saturated heterocycles. The van der Waals surface area contributed by atoms with Gasteiger partial charge in [0.1, 0.15) is 0 Å². The Morgan fingerprint density at radius 3 is 2.80 bits per heavy atom. The average Bonchev–Trinajstić information content (AvgIpc) is 3.24. The minimum atomic E-state index is 0. The zero-order valence-corrected chi connectivity index (χ0v) is 15.8. The minimum Gasteiger partial charge on any atom is -0.352 e. The number of imidazole rings is 1. The average molecular weight is 385 g/mol. The van der Waals surface area contributed by atoms with Gasteiger partial charge in [-0.15, -0.1) is 24.8 Å². The van der Waals surface area contributed by atoms with E-state index in [2.05, 4.69) is 22.4 Å². The number of carbonyl (C=O) groups excluding carboxylic acids is 1. The van der Waals surface area contributed by atoms with E-state index in [1.807, 2.05) is 29.2 Å². The highest BCUT2D eigenvalue weighted by Crippen LogP contribution is 2.30. The normalized spacial score (nSPS) is 18.9. The second-order valence-electron chi connectivity index (χ2n) is 6.31. The van der Waals surface area contributed by atoms with Gasteiger partial charge < -0.3 is 15.6 Å². The first-order chi connectivity index (χ1) is 11.3. The number of nitrogens with two attached hydrogens (primary N) is 1. The number of aromatic nitrogens is 2. The van der Waals surface area contributed by atoms with Gasteiger partial charge >= 0.3 is 0 Å². The minimum absolute atomic E-state index is 0. The van der Waals surface area contributed by atoms with Crippen molar-refractivity contribution in [3.8, 4) is 0 Å². The highest BCUT2D eigenvalue weighted by Gasteiger charge is 2.31. The molecule has 0 aliphatic heterocycles. The van der Waals surface area contributed by atoms with Gasteiger partial charge in [0.2, 0.25) is 5.91 Å². The Kier molecular flexibility index (Phi) is 8.97. The van der Waals surface area contributed by atoms with Gasteiger partial charge in [0, 0.05) is 31.4 Å². The number of carbonyl (C=O) groups is 1. The molecule has 1 saturated carbocycles. The molecule has 1 aromatic carbocycles. The van der Waals surface area contributed by atoms with Crippen LogP contribution in [0.1, 0.15) is 30.4 Å². The van der Waals surface area contributed by atoms with E-state index < -0.39 is 0 Å². The smallest absolute Gasteiger partial charge is 0.223 e. The maximum Gasteiger partial charge on any atom is 0.223 e. The summed E-state index contributed by atoms with van der Waals surface area (Å²) in [5, 5.41) is 3.08. The SMILES string of the molecule is Cl.Cl.NC[C@H]1CCC[C@H]1C(=O)NCc1cccc(Cn2ccnc2)c1. The molecule has 0 spiro atoms. The van der Waals surface area contributed by atoms with E-state index in [0.717, 1.165) is 31.4 Å². The summed E-state index contributed by atoms with van der Waals surface area (Å²) >= 11 is 0. The first-order valence-electron chi connectivity index (χ1n) is 8.27. The molecule has 138 valence electrons. The van der Waals surface area contributed by atoms with Crippen LogP contribution in [0.4, 0.5) is 0 Å². The van der Waals surface area contributed by atoms with Gasteiger partial charge in [-0.1, -0.05) is 30.7 Å². The molecule has 3 rings (SSSR count). The molecule has 1 amide bonds. The maximum atomic E-state index is 12.4. The summed E-state index contributed by atoms with van der Waals surface area (Å²) in [6, 6.07) is 8.31. The maximum absolute atomic E-state index is 12.4. The predicted molar refractivity (Wildman–Crippen MR) is 104 cm³/mol. The van der Waals surface area contributed by atoms with Crippen LogP contribution < -0.4 is 11.1 Å². The Bertz CT molecular complexity index is 648. The highest BCUT2D eigenvalue weighted by atomic mass is 35.5. The predicted octanol–water partition coefficient (Wildman–Crippen LogP) is 2.77. The molecular weight excluding hydrogens is 359 g/mol. The fourth-order valence-corrected chi connectivity index (χ4v) is 3.41. The number of nitrogens with one attached hydrogen (secondary N) is 1. The van der Waals surface area contributed by atoms with E-state index >= 15 is 0 Å². The second-order valence-corrected chi connectivity index (χ2v) is 6.31. The standard InChI is InChI=1S/C18H24N4O.2ClH/c19-10-16-5-2-6-17(16)18(23)21-11-14-3-1-4-15(9-14)12-22-8-7-20-13-22;;/h1,3-4,7-9,13,16-17H,2,5-6,10-12,19H2,(H,21,23);2*1H/t16-,17-;;/m1../s1. The van der Waals surface area contributed by atoms with Crippen molar-refractivity contribution in [2.24, 2.45) is 17.6 Å². The molecule has 0 bridgehead atoms. The quantitative estimate of drug-likeness (QED) is 0.803. The summed E-state index contributed by atoms with van der Waals surface area (Å²) in [7, 11) is 0. The van der Waals surface area contributed by atoms with Crippen LogP contribution in [-0.2, 0) is 17.9 Å². The zero-order chi connectivity index (χ0) is 16.1. The third-order valence-electron chi connectivity index (χ3n) is 4.68. The van der Waals surface area contributed by atoms with Gasteiger partial charge in [0.25, 0.3) is 0 Å². The molecule has 3 N–H and O–H groups in total. The topological polar surface area (TPSA) is 72.9 Å². The van der Waals surface area contributed by atoms with Crippen LogP contribution in [0.25, 0.3) is 0 Å². The summed E-state index contributed by atoms with van der Waals surface area (Å²) in [4.78, 5) is 16.4. The van der Waals surface area contributed by atoms with Gasteiger partial charge in [-0.05, 0) is 36.4 Å². The van der Waals surface area contributed by atoms with E-state index in [1.165, 1.54) is 5.56 Å². The lowest BCUT2D eigenvalue weighted by Crippen LogP contribution is -2.34. The summed E-state index contributed by atoms with van der Waals surface area (Å²) < 4.78 is 2.03. The van der Waals surface area contributed by atoms with Crippen LogP contribution in [0, 0.1) is 11.8 Å². The third kappa shape index (κ3) is 5.73. The number of nitrogens with zero attached hydrogens (tertiary/aromatic N) is 2. The van der Waals surface area contributed by atoms with Gasteiger partial charge in [-0.2, -0.15) is 0 Å². The number of benzene rings is 1. The van der Waals surface area contributed by atoms with Crippen LogP contribution in [-0.4, -0.2) is 22.0 Å². The first-order valence-corrected chi connectivity index (χ1v) is 8.27. The Balaban J connectivity index is 0.00000156. The van der Waals surface area contributed by atoms with Gasteiger partial charge in [0.05, 0.1) is 6.33 Å². The van der Waals surface area contributed by atoms with E-state index in [4.69, 9.17) is 5.73 Å². The lowest BCUT2D eigenvalue weighted by atomic mass is 9.95. The van der Waals surface area contributed by atoms with Gasteiger partial charge in [-0.25, -0.2) is 4.98 Å². The molecule has 1 aliphatic carbocycles. The van der Waals surface area contributed by atoms with E-state index in [1.54, 1.807) is 6.20 Å². The molecule has 1 heterocycles. The van der Waals surface area contributed by atoms with E-state index in [0.29, 0.717) is 19.0 Å². The zero-order valence-electron chi connectivity index (χ0n) is 14.1. The number of amides is 1. The largest absolute Gasteiger partial charge is 0.352 e. The Labute approximate surface area is 161 Å². The van der Waals surface area contributed by atoms with Crippen LogP contribution in [0.15, 0.2) is 43.0 Å². The molecule has 1 fully saturated rings. The first kappa shape index (κ1) is 21.5. The number of rotatable bonds is 6. The van der Waals surface area contributed by atoms with Crippen LogP contribution >= 0.6 is 24.8 Å². The van der Waals surface area contributed by atoms with Crippen LogP contribution in [0.2, 0.25) is 0 Å². The van der Waals surface area contributed by atoms with Crippen LogP contribution in [0.5, 0.6) is 0 Å². The van der Waals surface area contributed by atoms with Crippen molar-refractivity contribution in [1.29, 1.82) is 0 Å². The van der Waals surface area contributed by atoms with E-state index in [-0.39, 0.29) is 36.6 Å². The summed E-state index contributed by atoms with van der Waals surface area (Å²) in [5.41, 5.74) is 8.09. The molecule has 0 unspecified atom stereocenters. The van der Waals surface area contributed by atoms with Gasteiger partial charge in [0.15, 0.2) is 0 Å². The van der Waals surface area contributed by atoms with Crippen molar-refractivity contribution >= 4 is 30.7 Å². The third-order valence-corrected chi connectivity index (χ3v) is 4.68. The Morgan fingerprint density at radius 1 is 1.28 bits per heavy atom. The molecule has 1 aromatic heterocycles.